The van der Waals surface area contributed by atoms with E-state index in [0.717, 1.165) is 55.8 Å². The average molecular weight is 341 g/mol. The number of likely N-dealkylation sites (tertiary alicyclic amines) is 1. The van der Waals surface area contributed by atoms with E-state index in [1.54, 1.807) is 11.3 Å². The molecule has 1 aromatic carbocycles. The Labute approximate surface area is 147 Å². The summed E-state index contributed by atoms with van der Waals surface area (Å²) in [5, 5.41) is 2.03. The van der Waals surface area contributed by atoms with E-state index in [1.165, 1.54) is 11.3 Å². The van der Waals surface area contributed by atoms with Gasteiger partial charge in [0.25, 0.3) is 5.91 Å². The highest BCUT2D eigenvalue weighted by Crippen LogP contribution is 2.39. The van der Waals surface area contributed by atoms with Crippen LogP contribution in [0.4, 0.5) is 0 Å². The number of aryl methyl sites for hydroxylation is 1. The van der Waals surface area contributed by atoms with Crippen molar-refractivity contribution in [2.24, 2.45) is 5.41 Å². The summed E-state index contributed by atoms with van der Waals surface area (Å²) in [7, 11) is 0. The molecule has 0 radical (unpaired) electrons. The number of piperidine rings is 1. The van der Waals surface area contributed by atoms with Gasteiger partial charge in [-0.3, -0.25) is 4.79 Å². The number of benzene rings is 1. The van der Waals surface area contributed by atoms with Gasteiger partial charge in [0, 0.05) is 40.9 Å². The molecule has 2 aliphatic rings. The second-order valence-corrected chi connectivity index (χ2v) is 8.16. The van der Waals surface area contributed by atoms with Gasteiger partial charge in [0.1, 0.15) is 0 Å². The van der Waals surface area contributed by atoms with Crippen molar-refractivity contribution in [2.75, 3.05) is 26.3 Å². The molecule has 1 amide bonds. The molecule has 24 heavy (non-hydrogen) atoms. The second-order valence-electron chi connectivity index (χ2n) is 7.08. The molecule has 2 fully saturated rings. The first-order valence-electron chi connectivity index (χ1n) is 8.69. The van der Waals surface area contributed by atoms with Crippen molar-refractivity contribution in [3.05, 3.63) is 46.2 Å². The zero-order chi connectivity index (χ0) is 16.6. The summed E-state index contributed by atoms with van der Waals surface area (Å²) in [4.78, 5) is 16.5. The van der Waals surface area contributed by atoms with Crippen LogP contribution in [-0.2, 0) is 4.74 Å². The van der Waals surface area contributed by atoms with Crippen molar-refractivity contribution in [1.82, 2.24) is 4.90 Å². The molecule has 3 nitrogen and oxygen atoms in total. The number of hydrogen-bond donors (Lipinski definition) is 0. The third-order valence-electron chi connectivity index (χ3n) is 5.40. The molecule has 3 heterocycles. The van der Waals surface area contributed by atoms with Crippen LogP contribution in [-0.4, -0.2) is 37.1 Å². The Kier molecular flexibility index (Phi) is 4.19. The Bertz CT molecular complexity index is 731. The van der Waals surface area contributed by atoms with Crippen LogP contribution in [0.5, 0.6) is 0 Å². The lowest BCUT2D eigenvalue weighted by molar-refractivity contribution is 0.0463. The van der Waals surface area contributed by atoms with E-state index in [1.807, 2.05) is 23.6 Å². The second kappa shape index (κ2) is 6.34. The van der Waals surface area contributed by atoms with Gasteiger partial charge in [-0.2, -0.15) is 0 Å². The highest BCUT2D eigenvalue weighted by atomic mass is 32.1. The maximum absolute atomic E-state index is 13.2. The Balaban J connectivity index is 1.63. The Morgan fingerprint density at radius 3 is 2.83 bits per heavy atom. The van der Waals surface area contributed by atoms with Crippen molar-refractivity contribution >= 4 is 17.2 Å². The van der Waals surface area contributed by atoms with Crippen LogP contribution in [0.15, 0.2) is 35.7 Å². The fourth-order valence-electron chi connectivity index (χ4n) is 4.10. The van der Waals surface area contributed by atoms with Gasteiger partial charge < -0.3 is 9.64 Å². The predicted molar refractivity (Wildman–Crippen MR) is 97.5 cm³/mol. The summed E-state index contributed by atoms with van der Waals surface area (Å²) in [6.07, 6.45) is 3.36. The first kappa shape index (κ1) is 15.9. The van der Waals surface area contributed by atoms with E-state index in [9.17, 15) is 4.79 Å². The van der Waals surface area contributed by atoms with Crippen LogP contribution in [0.1, 0.15) is 34.5 Å². The summed E-state index contributed by atoms with van der Waals surface area (Å²) < 4.78 is 5.63. The number of thiophene rings is 1. The number of hydrogen-bond acceptors (Lipinski definition) is 3. The number of carbonyl (C=O) groups is 1. The van der Waals surface area contributed by atoms with E-state index in [-0.39, 0.29) is 11.3 Å². The Morgan fingerprint density at radius 2 is 2.08 bits per heavy atom. The smallest absolute Gasteiger partial charge is 0.255 e. The van der Waals surface area contributed by atoms with E-state index in [0.29, 0.717) is 0 Å². The van der Waals surface area contributed by atoms with E-state index in [4.69, 9.17) is 4.74 Å². The number of nitrogens with zero attached hydrogens (tertiary/aromatic N) is 1. The number of ether oxygens (including phenoxy) is 1. The summed E-state index contributed by atoms with van der Waals surface area (Å²) in [5.74, 6) is 0.184. The van der Waals surface area contributed by atoms with Crippen molar-refractivity contribution in [3.63, 3.8) is 0 Å². The third-order valence-corrected chi connectivity index (χ3v) is 6.31. The lowest BCUT2D eigenvalue weighted by atomic mass is 9.79. The van der Waals surface area contributed by atoms with Crippen LogP contribution in [0.2, 0.25) is 0 Å². The molecule has 0 bridgehead atoms. The molecule has 1 aromatic heterocycles. The first-order chi connectivity index (χ1) is 11.7. The van der Waals surface area contributed by atoms with Crippen molar-refractivity contribution in [1.29, 1.82) is 0 Å². The van der Waals surface area contributed by atoms with Gasteiger partial charge in [-0.15, -0.1) is 11.3 Å². The van der Waals surface area contributed by atoms with Gasteiger partial charge in [0.2, 0.25) is 0 Å². The average Bonchev–Trinajstić information content (AvgIpc) is 3.22. The predicted octanol–water partition coefficient (Wildman–Crippen LogP) is 4.37. The molecule has 126 valence electrons. The van der Waals surface area contributed by atoms with Gasteiger partial charge in [0.05, 0.1) is 12.2 Å². The maximum atomic E-state index is 13.2. The minimum Gasteiger partial charge on any atom is -0.381 e. The number of amides is 1. The monoisotopic (exact) mass is 341 g/mol. The van der Waals surface area contributed by atoms with E-state index in [2.05, 4.69) is 24.0 Å². The van der Waals surface area contributed by atoms with Crippen LogP contribution in [0.25, 0.3) is 11.1 Å². The van der Waals surface area contributed by atoms with Crippen LogP contribution < -0.4 is 0 Å². The highest BCUT2D eigenvalue weighted by Gasteiger charge is 2.40. The molecule has 0 N–H and O–H groups in total. The Hall–Kier alpha value is -1.65. The molecule has 2 aliphatic heterocycles. The molecular weight excluding hydrogens is 318 g/mol. The van der Waals surface area contributed by atoms with Gasteiger partial charge in [-0.05, 0) is 31.7 Å². The molecule has 1 atom stereocenters. The van der Waals surface area contributed by atoms with Gasteiger partial charge in [-0.25, -0.2) is 0 Å². The molecule has 0 saturated carbocycles. The van der Waals surface area contributed by atoms with Crippen molar-refractivity contribution in [3.8, 4) is 11.1 Å². The normalized spacial score (nSPS) is 23.8. The lowest BCUT2D eigenvalue weighted by Crippen LogP contribution is -2.46. The zero-order valence-corrected chi connectivity index (χ0v) is 14.9. The Morgan fingerprint density at radius 1 is 1.25 bits per heavy atom. The molecule has 1 spiro atoms. The molecule has 0 unspecified atom stereocenters. The minimum absolute atomic E-state index is 0.184. The van der Waals surface area contributed by atoms with Crippen LogP contribution >= 0.6 is 11.3 Å². The van der Waals surface area contributed by atoms with E-state index >= 15 is 0 Å². The standard InChI is InChI=1S/C20H23NO2S/c1-15-18(16-6-3-2-4-7-16)17(12-24-15)19(22)21-10-5-8-20(13-21)9-11-23-14-20/h2-4,6-7,12H,5,8-11,13-14H2,1H3/t20-/m0/s1. The largest absolute Gasteiger partial charge is 0.381 e. The minimum atomic E-state index is 0.184. The molecule has 2 saturated heterocycles. The first-order valence-corrected chi connectivity index (χ1v) is 9.57. The zero-order valence-electron chi connectivity index (χ0n) is 14.1. The lowest BCUT2D eigenvalue weighted by Gasteiger charge is -2.39. The summed E-state index contributed by atoms with van der Waals surface area (Å²) >= 11 is 1.67. The summed E-state index contributed by atoms with van der Waals surface area (Å²) in [6.45, 7) is 5.46. The molecular formula is C20H23NO2S. The topological polar surface area (TPSA) is 29.5 Å². The van der Waals surface area contributed by atoms with E-state index < -0.39 is 0 Å². The summed E-state index contributed by atoms with van der Waals surface area (Å²) in [6, 6.07) is 10.3. The molecule has 2 aromatic rings. The fourth-order valence-corrected chi connectivity index (χ4v) is 4.96. The fraction of sp³-hybridized carbons (Fsp3) is 0.450. The SMILES string of the molecule is Cc1scc(C(=O)N2CCC[C@]3(CCOC3)C2)c1-c1ccccc1. The van der Waals surface area contributed by atoms with Gasteiger partial charge >= 0.3 is 0 Å². The number of carbonyl (C=O) groups excluding carboxylic acids is 1. The van der Waals surface area contributed by atoms with Crippen LogP contribution in [0.3, 0.4) is 0 Å². The summed E-state index contributed by atoms with van der Waals surface area (Å²) in [5.41, 5.74) is 3.30. The highest BCUT2D eigenvalue weighted by molar-refractivity contribution is 7.10. The quantitative estimate of drug-likeness (QED) is 0.812. The maximum Gasteiger partial charge on any atom is 0.255 e. The third kappa shape index (κ3) is 2.78. The van der Waals surface area contributed by atoms with Crippen molar-refractivity contribution in [2.45, 2.75) is 26.2 Å². The van der Waals surface area contributed by atoms with Gasteiger partial charge in [-0.1, -0.05) is 30.3 Å². The molecule has 0 aliphatic carbocycles. The molecule has 4 heteroatoms. The van der Waals surface area contributed by atoms with Crippen LogP contribution in [0, 0.1) is 12.3 Å². The molecule has 4 rings (SSSR count). The van der Waals surface area contributed by atoms with Gasteiger partial charge in [0.15, 0.2) is 0 Å². The van der Waals surface area contributed by atoms with Crippen molar-refractivity contribution < 1.29 is 9.53 Å². The number of rotatable bonds is 2.